The third-order valence-electron chi connectivity index (χ3n) is 6.73. The Morgan fingerprint density at radius 3 is 2.49 bits per heavy atom. The van der Waals surface area contributed by atoms with Crippen LogP contribution in [0.25, 0.3) is 0 Å². The predicted octanol–water partition coefficient (Wildman–Crippen LogP) is 3.14. The highest BCUT2D eigenvalue weighted by molar-refractivity contribution is 6.07. The first-order chi connectivity index (χ1) is 16.7. The molecule has 1 atom stereocenters. The number of methoxy groups -OCH3 is 1. The van der Waals surface area contributed by atoms with Gasteiger partial charge in [-0.2, -0.15) is 0 Å². The lowest BCUT2D eigenvalue weighted by molar-refractivity contribution is -0.134. The number of halogens is 3. The fourth-order valence-corrected chi connectivity index (χ4v) is 4.95. The molecule has 10 heteroatoms. The summed E-state index contributed by atoms with van der Waals surface area (Å²) in [6.45, 7) is 0.612. The van der Waals surface area contributed by atoms with Crippen molar-refractivity contribution in [2.24, 2.45) is 5.92 Å². The lowest BCUT2D eigenvalue weighted by Crippen LogP contribution is -2.58. The minimum Gasteiger partial charge on any atom is -0.383 e. The van der Waals surface area contributed by atoms with Crippen molar-refractivity contribution >= 4 is 17.8 Å². The van der Waals surface area contributed by atoms with E-state index in [0.29, 0.717) is 18.4 Å². The van der Waals surface area contributed by atoms with Crippen molar-refractivity contribution in [2.75, 3.05) is 33.4 Å². The summed E-state index contributed by atoms with van der Waals surface area (Å²) < 4.78 is 46.6. The van der Waals surface area contributed by atoms with E-state index in [1.165, 1.54) is 30.2 Å². The molecule has 2 aliphatic heterocycles. The molecular formula is C25H26F3N3O4. The Bertz CT molecular complexity index is 1140. The molecule has 0 radical (unpaired) electrons. The Kier molecular flexibility index (Phi) is 7.11. The van der Waals surface area contributed by atoms with E-state index in [0.717, 1.165) is 23.1 Å². The van der Waals surface area contributed by atoms with Gasteiger partial charge in [0.25, 0.3) is 11.8 Å². The van der Waals surface area contributed by atoms with Gasteiger partial charge < -0.3 is 15.0 Å². The van der Waals surface area contributed by atoms with E-state index in [9.17, 15) is 27.6 Å². The topological polar surface area (TPSA) is 79.0 Å². The van der Waals surface area contributed by atoms with Crippen LogP contribution in [0, 0.1) is 23.4 Å². The van der Waals surface area contributed by atoms with Crippen LogP contribution in [0.3, 0.4) is 0 Å². The number of imide groups is 1. The minimum absolute atomic E-state index is 0.0717. The van der Waals surface area contributed by atoms with E-state index >= 15 is 0 Å². The monoisotopic (exact) mass is 489 g/mol. The number of benzene rings is 2. The molecule has 2 aromatic rings. The minimum atomic E-state index is -1.32. The first-order valence-corrected chi connectivity index (χ1v) is 11.4. The molecule has 186 valence electrons. The summed E-state index contributed by atoms with van der Waals surface area (Å²) in [5, 5.41) is 2.85. The van der Waals surface area contributed by atoms with Crippen LogP contribution in [0.4, 0.5) is 18.0 Å². The Balaban J connectivity index is 1.57. The lowest BCUT2D eigenvalue weighted by atomic mass is 9.73. The molecule has 2 saturated heterocycles. The normalized spacial score (nSPS) is 20.9. The summed E-state index contributed by atoms with van der Waals surface area (Å²) >= 11 is 0. The van der Waals surface area contributed by atoms with E-state index < -0.39 is 40.8 Å². The van der Waals surface area contributed by atoms with Crippen LogP contribution in [0.1, 0.15) is 28.8 Å². The number of ether oxygens (including phenoxy) is 1. The molecular weight excluding hydrogens is 463 g/mol. The maximum Gasteiger partial charge on any atom is 0.325 e. The molecule has 0 bridgehead atoms. The number of nitrogens with one attached hydrogen (secondary N) is 1. The standard InChI is InChI=1S/C25H26F3N3O4/c1-35-12-11-31-23(33)25(29-24(31)34,15-16-3-2-4-18(26)13-16)17-7-9-30(10-8-17)22(32)20-14-19(27)5-6-21(20)28/h2-6,13-14,17H,7-12,15H2,1H3,(H,29,34). The van der Waals surface area contributed by atoms with Gasteiger partial charge in [0.15, 0.2) is 0 Å². The SMILES string of the molecule is COCCN1C(=O)NC(Cc2cccc(F)c2)(C2CCN(C(=O)c3cc(F)ccc3F)CC2)C1=O. The molecule has 4 rings (SSSR count). The zero-order valence-electron chi connectivity index (χ0n) is 19.2. The quantitative estimate of drug-likeness (QED) is 0.607. The van der Waals surface area contributed by atoms with Gasteiger partial charge in [-0.25, -0.2) is 18.0 Å². The zero-order chi connectivity index (χ0) is 25.2. The van der Waals surface area contributed by atoms with Crippen molar-refractivity contribution in [3.05, 3.63) is 71.0 Å². The number of rotatable bonds is 7. The Morgan fingerprint density at radius 1 is 1.09 bits per heavy atom. The van der Waals surface area contributed by atoms with Crippen molar-refractivity contribution in [3.63, 3.8) is 0 Å². The summed E-state index contributed by atoms with van der Waals surface area (Å²) in [6.07, 6.45) is 0.750. The highest BCUT2D eigenvalue weighted by atomic mass is 19.1. The number of nitrogens with zero attached hydrogens (tertiary/aromatic N) is 2. The van der Waals surface area contributed by atoms with Gasteiger partial charge in [0.05, 0.1) is 18.7 Å². The first-order valence-electron chi connectivity index (χ1n) is 11.4. The van der Waals surface area contributed by atoms with Crippen LogP contribution in [0.15, 0.2) is 42.5 Å². The highest BCUT2D eigenvalue weighted by Gasteiger charge is 2.56. The second-order valence-electron chi connectivity index (χ2n) is 8.85. The van der Waals surface area contributed by atoms with Gasteiger partial charge in [0.1, 0.15) is 23.0 Å². The van der Waals surface area contributed by atoms with Crippen LogP contribution in [0.5, 0.6) is 0 Å². The maximum atomic E-state index is 14.1. The Morgan fingerprint density at radius 2 is 1.80 bits per heavy atom. The molecule has 35 heavy (non-hydrogen) atoms. The molecule has 7 nitrogen and oxygen atoms in total. The lowest BCUT2D eigenvalue weighted by Gasteiger charge is -2.41. The van der Waals surface area contributed by atoms with E-state index in [-0.39, 0.29) is 44.1 Å². The van der Waals surface area contributed by atoms with E-state index in [1.54, 1.807) is 6.07 Å². The molecule has 2 heterocycles. The summed E-state index contributed by atoms with van der Waals surface area (Å²) in [7, 11) is 1.46. The van der Waals surface area contributed by atoms with Gasteiger partial charge in [-0.3, -0.25) is 14.5 Å². The van der Waals surface area contributed by atoms with Gasteiger partial charge in [-0.05, 0) is 54.7 Å². The van der Waals surface area contributed by atoms with Crippen LogP contribution in [-0.2, 0) is 16.0 Å². The number of carbonyl (C=O) groups excluding carboxylic acids is 3. The number of hydrogen-bond donors (Lipinski definition) is 1. The van der Waals surface area contributed by atoms with Crippen LogP contribution in [0.2, 0.25) is 0 Å². The number of urea groups is 1. The van der Waals surface area contributed by atoms with E-state index in [4.69, 9.17) is 4.74 Å². The molecule has 4 amide bonds. The number of carbonyl (C=O) groups is 3. The number of likely N-dealkylation sites (tertiary alicyclic amines) is 1. The fourth-order valence-electron chi connectivity index (χ4n) is 4.95. The van der Waals surface area contributed by atoms with Crippen molar-refractivity contribution in [2.45, 2.75) is 24.8 Å². The smallest absolute Gasteiger partial charge is 0.325 e. The molecule has 1 unspecified atom stereocenters. The zero-order valence-corrected chi connectivity index (χ0v) is 19.2. The van der Waals surface area contributed by atoms with Crippen LogP contribution in [-0.4, -0.2) is 66.5 Å². The molecule has 0 spiro atoms. The van der Waals surface area contributed by atoms with E-state index in [1.807, 2.05) is 0 Å². The number of hydrogen-bond acceptors (Lipinski definition) is 4. The largest absolute Gasteiger partial charge is 0.383 e. The van der Waals surface area contributed by atoms with Gasteiger partial charge in [-0.15, -0.1) is 0 Å². The van der Waals surface area contributed by atoms with Crippen molar-refractivity contribution in [3.8, 4) is 0 Å². The van der Waals surface area contributed by atoms with Crippen molar-refractivity contribution in [1.82, 2.24) is 15.1 Å². The summed E-state index contributed by atoms with van der Waals surface area (Å²) in [4.78, 5) is 41.7. The third kappa shape index (κ3) is 4.88. The van der Waals surface area contributed by atoms with Gasteiger partial charge >= 0.3 is 6.03 Å². The van der Waals surface area contributed by atoms with Gasteiger partial charge in [0, 0.05) is 26.6 Å². The molecule has 2 aromatic carbocycles. The van der Waals surface area contributed by atoms with Crippen molar-refractivity contribution in [1.29, 1.82) is 0 Å². The average molecular weight is 489 g/mol. The molecule has 0 saturated carbocycles. The predicted molar refractivity (Wildman–Crippen MR) is 120 cm³/mol. The number of amides is 4. The summed E-state index contributed by atoms with van der Waals surface area (Å²) in [5.74, 6) is -3.41. The third-order valence-corrected chi connectivity index (χ3v) is 6.73. The van der Waals surface area contributed by atoms with Crippen molar-refractivity contribution < 1.29 is 32.3 Å². The Labute approximate surface area is 200 Å². The average Bonchev–Trinajstić information content (AvgIpc) is 3.08. The van der Waals surface area contributed by atoms with Crippen LogP contribution < -0.4 is 5.32 Å². The van der Waals surface area contributed by atoms with Gasteiger partial charge in [0.2, 0.25) is 0 Å². The summed E-state index contributed by atoms with van der Waals surface area (Å²) in [5.41, 5.74) is -1.13. The second-order valence-corrected chi connectivity index (χ2v) is 8.85. The molecule has 1 N–H and O–H groups in total. The molecule has 0 aliphatic carbocycles. The fraction of sp³-hybridized carbons (Fsp3) is 0.400. The van der Waals surface area contributed by atoms with Gasteiger partial charge in [-0.1, -0.05) is 12.1 Å². The molecule has 2 aliphatic rings. The second kappa shape index (κ2) is 10.1. The van der Waals surface area contributed by atoms with Crippen LogP contribution >= 0.6 is 0 Å². The number of piperidine rings is 1. The molecule has 2 fully saturated rings. The van der Waals surface area contributed by atoms with E-state index in [2.05, 4.69) is 5.32 Å². The maximum absolute atomic E-state index is 14.1. The molecule has 0 aromatic heterocycles. The summed E-state index contributed by atoms with van der Waals surface area (Å²) in [6, 6.07) is 8.01. The Hall–Kier alpha value is -3.40. The first kappa shape index (κ1) is 24.7. The highest BCUT2D eigenvalue weighted by Crippen LogP contribution is 2.37.